The van der Waals surface area contributed by atoms with E-state index in [1.807, 2.05) is 34.6 Å². The second kappa shape index (κ2) is 17.3. The number of rotatable bonds is 12. The highest BCUT2D eigenvalue weighted by Gasteiger charge is 2.35. The smallest absolute Gasteiger partial charge is 0.410 e. The molecule has 2 aliphatic heterocycles. The fourth-order valence-electron chi connectivity index (χ4n) is 6.34. The lowest BCUT2D eigenvalue weighted by Gasteiger charge is -2.35. The Kier molecular flexibility index (Phi) is 13.0. The standard InChI is InChI=1S/C37H52N6O9S/c1-25(2)21-29(34(45)39-28-9-8-14-43(24-30(28)44)53(48,49)33-10-6-7-13-38-33)40-35(46)32-23-26-22-27(11-12-31(26)51-32)50-20-19-41-15-17-42(18-16-41)36(47)52-37(3,4)5/h6-7,10-13,22-23,25,28-30,44H,8-9,14-21,24H2,1-5H3,(H,39,45)(H,40,46)/t28?,29?,30-/m0/s1. The van der Waals surface area contributed by atoms with Gasteiger partial charge in [0.15, 0.2) is 10.8 Å². The van der Waals surface area contributed by atoms with E-state index in [4.69, 9.17) is 13.9 Å². The Bertz CT molecular complexity index is 1820. The first-order chi connectivity index (χ1) is 25.1. The third kappa shape index (κ3) is 10.9. The van der Waals surface area contributed by atoms with E-state index >= 15 is 0 Å². The maximum absolute atomic E-state index is 13.5. The molecule has 5 rings (SSSR count). The lowest BCUT2D eigenvalue weighted by molar-refractivity contribution is -0.125. The lowest BCUT2D eigenvalue weighted by atomic mass is 10.0. The number of nitrogens with one attached hydrogen (secondary N) is 2. The molecular weight excluding hydrogens is 705 g/mol. The molecule has 3 amide bonds. The normalized spacial score (nSPS) is 19.8. The van der Waals surface area contributed by atoms with Gasteiger partial charge in [-0.05, 0) is 82.3 Å². The Morgan fingerprint density at radius 3 is 2.49 bits per heavy atom. The molecule has 1 aromatic carbocycles. The van der Waals surface area contributed by atoms with Crippen LogP contribution in [0.2, 0.25) is 0 Å². The molecule has 0 saturated carbocycles. The molecule has 0 aliphatic carbocycles. The van der Waals surface area contributed by atoms with Crippen LogP contribution in [0.5, 0.6) is 5.75 Å². The molecule has 15 nitrogen and oxygen atoms in total. The van der Waals surface area contributed by atoms with E-state index in [9.17, 15) is 27.9 Å². The third-order valence-electron chi connectivity index (χ3n) is 9.09. The Balaban J connectivity index is 1.13. The van der Waals surface area contributed by atoms with Crippen LogP contribution in [0.25, 0.3) is 11.0 Å². The number of aliphatic hydroxyl groups excluding tert-OH is 1. The van der Waals surface area contributed by atoms with Gasteiger partial charge >= 0.3 is 6.09 Å². The van der Waals surface area contributed by atoms with Crippen molar-refractivity contribution >= 4 is 38.9 Å². The van der Waals surface area contributed by atoms with E-state index in [0.29, 0.717) is 75.3 Å². The van der Waals surface area contributed by atoms with Crippen molar-refractivity contribution in [3.63, 3.8) is 0 Å². The number of ether oxygens (including phenoxy) is 2. The van der Waals surface area contributed by atoms with Crippen LogP contribution in [-0.2, 0) is 19.6 Å². The van der Waals surface area contributed by atoms with E-state index in [1.54, 1.807) is 41.3 Å². The number of carbonyl (C=O) groups excluding carboxylic acids is 3. The molecule has 0 radical (unpaired) electrons. The number of hydrogen-bond acceptors (Lipinski definition) is 11. The van der Waals surface area contributed by atoms with Crippen molar-refractivity contribution < 1.29 is 41.8 Å². The Labute approximate surface area is 311 Å². The maximum Gasteiger partial charge on any atom is 0.410 e. The minimum Gasteiger partial charge on any atom is -0.492 e. The largest absolute Gasteiger partial charge is 0.492 e. The molecule has 2 fully saturated rings. The van der Waals surface area contributed by atoms with Gasteiger partial charge in [0.25, 0.3) is 15.9 Å². The zero-order chi connectivity index (χ0) is 38.3. The van der Waals surface area contributed by atoms with Crippen molar-refractivity contribution in [1.82, 2.24) is 29.7 Å². The molecule has 2 unspecified atom stereocenters. The molecule has 0 bridgehead atoms. The number of β-amino-alcohol motifs (C(OH)–C–C–N with tert-alkyl or cyclic N) is 1. The van der Waals surface area contributed by atoms with Crippen molar-refractivity contribution in [3.05, 3.63) is 54.4 Å². The maximum atomic E-state index is 13.5. The highest BCUT2D eigenvalue weighted by molar-refractivity contribution is 7.89. The minimum absolute atomic E-state index is 0.0337. The number of hydrogen-bond donors (Lipinski definition) is 3. The number of piperazine rings is 1. The van der Waals surface area contributed by atoms with E-state index < -0.39 is 45.6 Å². The van der Waals surface area contributed by atoms with Gasteiger partial charge in [-0.15, -0.1) is 0 Å². The number of aromatic nitrogens is 1. The number of benzene rings is 1. The molecule has 290 valence electrons. The Hall–Kier alpha value is -4.25. The zero-order valence-corrected chi connectivity index (χ0v) is 31.9. The van der Waals surface area contributed by atoms with Crippen LogP contribution in [0.15, 0.2) is 58.1 Å². The average molecular weight is 757 g/mol. The van der Waals surface area contributed by atoms with Crippen molar-refractivity contribution in [1.29, 1.82) is 0 Å². The lowest BCUT2D eigenvalue weighted by Crippen LogP contribution is -2.54. The summed E-state index contributed by atoms with van der Waals surface area (Å²) in [4.78, 5) is 47.2. The molecular formula is C37H52N6O9S. The average Bonchev–Trinajstić information content (AvgIpc) is 3.44. The van der Waals surface area contributed by atoms with Gasteiger partial charge in [0.05, 0.1) is 12.1 Å². The first-order valence-electron chi connectivity index (χ1n) is 18.2. The molecule has 4 heterocycles. The summed E-state index contributed by atoms with van der Waals surface area (Å²) in [5, 5.41) is 17.2. The zero-order valence-electron chi connectivity index (χ0n) is 31.1. The minimum atomic E-state index is -3.92. The van der Waals surface area contributed by atoms with E-state index in [2.05, 4.69) is 20.5 Å². The van der Waals surface area contributed by atoms with Gasteiger partial charge in [-0.3, -0.25) is 14.5 Å². The molecule has 16 heteroatoms. The van der Waals surface area contributed by atoms with Crippen LogP contribution >= 0.6 is 0 Å². The molecule has 3 atom stereocenters. The summed E-state index contributed by atoms with van der Waals surface area (Å²) in [6.07, 6.45) is 1.02. The van der Waals surface area contributed by atoms with Crippen LogP contribution < -0.4 is 15.4 Å². The second-order valence-electron chi connectivity index (χ2n) is 15.0. The van der Waals surface area contributed by atoms with Crippen molar-refractivity contribution in [2.24, 2.45) is 5.92 Å². The summed E-state index contributed by atoms with van der Waals surface area (Å²) in [6.45, 7) is 13.1. The van der Waals surface area contributed by atoms with Gasteiger partial charge in [-0.1, -0.05) is 19.9 Å². The summed E-state index contributed by atoms with van der Waals surface area (Å²) in [5.74, 6) is -0.345. The molecule has 3 aromatic rings. The van der Waals surface area contributed by atoms with Gasteiger partial charge < -0.3 is 34.5 Å². The molecule has 53 heavy (non-hydrogen) atoms. The number of fused-ring (bicyclic) bond motifs is 1. The fraction of sp³-hybridized carbons (Fsp3) is 0.568. The van der Waals surface area contributed by atoms with Crippen molar-refractivity contribution in [3.8, 4) is 5.75 Å². The summed E-state index contributed by atoms with van der Waals surface area (Å²) in [7, 11) is -3.92. The number of aliphatic hydroxyl groups is 1. The summed E-state index contributed by atoms with van der Waals surface area (Å²) in [5.41, 5.74) is -0.0460. The summed E-state index contributed by atoms with van der Waals surface area (Å²) >= 11 is 0. The predicted molar refractivity (Wildman–Crippen MR) is 197 cm³/mol. The monoisotopic (exact) mass is 756 g/mol. The fourth-order valence-corrected chi connectivity index (χ4v) is 7.77. The van der Waals surface area contributed by atoms with Gasteiger partial charge in [-0.2, -0.15) is 4.31 Å². The van der Waals surface area contributed by atoms with Gasteiger partial charge in [0, 0.05) is 57.4 Å². The summed E-state index contributed by atoms with van der Waals surface area (Å²) in [6, 6.07) is 9.85. The van der Waals surface area contributed by atoms with Crippen LogP contribution in [0, 0.1) is 5.92 Å². The topological polar surface area (TPSA) is 184 Å². The van der Waals surface area contributed by atoms with Crippen LogP contribution in [0.3, 0.4) is 0 Å². The second-order valence-corrected chi connectivity index (χ2v) is 16.9. The van der Waals surface area contributed by atoms with Crippen molar-refractivity contribution in [2.75, 3.05) is 52.4 Å². The third-order valence-corrected chi connectivity index (χ3v) is 10.9. The number of carbonyl (C=O) groups is 3. The Morgan fingerprint density at radius 1 is 1.06 bits per heavy atom. The number of nitrogens with zero attached hydrogens (tertiary/aromatic N) is 4. The first-order valence-corrected chi connectivity index (χ1v) is 19.6. The van der Waals surface area contributed by atoms with E-state index in [1.165, 1.54) is 16.6 Å². The number of pyridine rings is 1. The first kappa shape index (κ1) is 39.9. The van der Waals surface area contributed by atoms with Crippen LogP contribution in [0.4, 0.5) is 4.79 Å². The van der Waals surface area contributed by atoms with Gasteiger partial charge in [-0.25, -0.2) is 18.2 Å². The molecule has 0 spiro atoms. The molecule has 2 aromatic heterocycles. The number of sulfonamides is 1. The van der Waals surface area contributed by atoms with E-state index in [-0.39, 0.29) is 35.9 Å². The quantitative estimate of drug-likeness (QED) is 0.247. The number of amides is 3. The molecule has 2 saturated heterocycles. The number of furan rings is 1. The SMILES string of the molecule is CC(C)CC(NC(=O)c1cc2cc(OCCN3CCN(C(=O)OC(C)(C)C)CC3)ccc2o1)C(=O)NC1CCCN(S(=O)(=O)c2ccccn2)C[C@@H]1O. The van der Waals surface area contributed by atoms with Crippen molar-refractivity contribution in [2.45, 2.75) is 82.7 Å². The molecule has 2 aliphatic rings. The van der Waals surface area contributed by atoms with Crippen LogP contribution in [0.1, 0.15) is 64.4 Å². The van der Waals surface area contributed by atoms with Gasteiger partial charge in [0.2, 0.25) is 5.91 Å². The van der Waals surface area contributed by atoms with E-state index in [0.717, 1.165) is 0 Å². The highest BCUT2D eigenvalue weighted by atomic mass is 32.2. The highest BCUT2D eigenvalue weighted by Crippen LogP contribution is 2.25. The predicted octanol–water partition coefficient (Wildman–Crippen LogP) is 3.23. The molecule has 3 N–H and O–H groups in total. The Morgan fingerprint density at radius 2 is 1.81 bits per heavy atom. The van der Waals surface area contributed by atoms with Gasteiger partial charge in [0.1, 0.15) is 29.6 Å². The van der Waals surface area contributed by atoms with Crippen LogP contribution in [-0.4, -0.2) is 127 Å². The summed E-state index contributed by atoms with van der Waals surface area (Å²) < 4.78 is 44.8.